The summed E-state index contributed by atoms with van der Waals surface area (Å²) in [5.74, 6) is 1.25. The largest absolute Gasteiger partial charge is 0.493 e. The Morgan fingerprint density at radius 1 is 1.30 bits per heavy atom. The first-order valence-electron chi connectivity index (χ1n) is 6.94. The van der Waals surface area contributed by atoms with Crippen molar-refractivity contribution in [1.29, 1.82) is 0 Å². The first-order valence-corrected chi connectivity index (χ1v) is 6.94. The van der Waals surface area contributed by atoms with Crippen LogP contribution >= 0.6 is 0 Å². The van der Waals surface area contributed by atoms with E-state index < -0.39 is 0 Å². The van der Waals surface area contributed by atoms with Crippen molar-refractivity contribution in [2.24, 2.45) is 0 Å². The number of carbonyl (C=O) groups is 1. The van der Waals surface area contributed by atoms with Crippen LogP contribution in [0.2, 0.25) is 0 Å². The zero-order valence-electron chi connectivity index (χ0n) is 12.1. The molecule has 20 heavy (non-hydrogen) atoms. The van der Waals surface area contributed by atoms with E-state index in [9.17, 15) is 4.79 Å². The second kappa shape index (κ2) is 7.14. The number of piperidine rings is 1. The minimum Gasteiger partial charge on any atom is -0.493 e. The molecule has 0 saturated carbocycles. The van der Waals surface area contributed by atoms with Gasteiger partial charge in [0.05, 0.1) is 7.11 Å². The first kappa shape index (κ1) is 14.7. The standard InChI is InChI=1S/C15H22N2O3/c1-17(12-7-9-16-10-8-12)15(18)11-20-14-6-4-3-5-13(14)19-2/h3-6,12,16H,7-11H2,1-2H3. The molecule has 5 nitrogen and oxygen atoms in total. The molecule has 0 unspecified atom stereocenters. The van der Waals surface area contributed by atoms with Crippen molar-refractivity contribution in [2.45, 2.75) is 18.9 Å². The Morgan fingerprint density at radius 2 is 1.95 bits per heavy atom. The van der Waals surface area contributed by atoms with Crippen molar-refractivity contribution in [2.75, 3.05) is 33.9 Å². The molecule has 1 fully saturated rings. The highest BCUT2D eigenvalue weighted by Crippen LogP contribution is 2.25. The van der Waals surface area contributed by atoms with E-state index in [2.05, 4.69) is 5.32 Å². The van der Waals surface area contributed by atoms with E-state index in [1.165, 1.54) is 0 Å². The summed E-state index contributed by atoms with van der Waals surface area (Å²) in [5.41, 5.74) is 0. The van der Waals surface area contributed by atoms with Crippen LogP contribution in [0.3, 0.4) is 0 Å². The van der Waals surface area contributed by atoms with Gasteiger partial charge in [-0.3, -0.25) is 4.79 Å². The van der Waals surface area contributed by atoms with Gasteiger partial charge in [0.15, 0.2) is 18.1 Å². The third kappa shape index (κ3) is 3.63. The van der Waals surface area contributed by atoms with Gasteiger partial charge in [-0.2, -0.15) is 0 Å². The van der Waals surface area contributed by atoms with Gasteiger partial charge in [0.2, 0.25) is 0 Å². The number of likely N-dealkylation sites (N-methyl/N-ethyl adjacent to an activating group) is 1. The van der Waals surface area contributed by atoms with Crippen LogP contribution in [0, 0.1) is 0 Å². The maximum Gasteiger partial charge on any atom is 0.260 e. The molecule has 0 spiro atoms. The lowest BCUT2D eigenvalue weighted by Gasteiger charge is -2.31. The lowest BCUT2D eigenvalue weighted by Crippen LogP contribution is -2.45. The molecule has 0 aliphatic carbocycles. The van der Waals surface area contributed by atoms with Crippen molar-refractivity contribution < 1.29 is 14.3 Å². The summed E-state index contributed by atoms with van der Waals surface area (Å²) in [6, 6.07) is 7.66. The highest BCUT2D eigenvalue weighted by molar-refractivity contribution is 5.78. The van der Waals surface area contributed by atoms with Crippen LogP contribution in [0.4, 0.5) is 0 Å². The molecular weight excluding hydrogens is 256 g/mol. The van der Waals surface area contributed by atoms with E-state index in [1.54, 1.807) is 18.1 Å². The number of nitrogens with zero attached hydrogens (tertiary/aromatic N) is 1. The van der Waals surface area contributed by atoms with Gasteiger partial charge in [-0.1, -0.05) is 12.1 Å². The molecule has 0 bridgehead atoms. The molecule has 1 saturated heterocycles. The number of rotatable bonds is 5. The molecule has 1 aliphatic rings. The van der Waals surface area contributed by atoms with Crippen molar-refractivity contribution in [3.8, 4) is 11.5 Å². The Hall–Kier alpha value is -1.75. The van der Waals surface area contributed by atoms with Crippen LogP contribution in [0.5, 0.6) is 11.5 Å². The summed E-state index contributed by atoms with van der Waals surface area (Å²) in [6.07, 6.45) is 1.99. The van der Waals surface area contributed by atoms with E-state index in [4.69, 9.17) is 9.47 Å². The SMILES string of the molecule is COc1ccccc1OCC(=O)N(C)C1CCNCC1. The van der Waals surface area contributed by atoms with Crippen LogP contribution in [-0.4, -0.2) is 50.7 Å². The monoisotopic (exact) mass is 278 g/mol. The number of hydrogen-bond acceptors (Lipinski definition) is 4. The number of hydrogen-bond donors (Lipinski definition) is 1. The van der Waals surface area contributed by atoms with Crippen molar-refractivity contribution >= 4 is 5.91 Å². The molecule has 0 aromatic heterocycles. The predicted octanol–water partition coefficient (Wildman–Crippen LogP) is 1.28. The fourth-order valence-corrected chi connectivity index (χ4v) is 2.38. The average molecular weight is 278 g/mol. The quantitative estimate of drug-likeness (QED) is 0.881. The summed E-state index contributed by atoms with van der Waals surface area (Å²) in [4.78, 5) is 14.0. The number of amides is 1. The smallest absolute Gasteiger partial charge is 0.260 e. The number of ether oxygens (including phenoxy) is 2. The normalized spacial score (nSPS) is 15.7. The molecular formula is C15H22N2O3. The Morgan fingerprint density at radius 3 is 2.60 bits per heavy atom. The summed E-state index contributed by atoms with van der Waals surface area (Å²) in [5, 5.41) is 3.30. The highest BCUT2D eigenvalue weighted by Gasteiger charge is 2.22. The Bertz CT molecular complexity index is 444. The van der Waals surface area contributed by atoms with Gasteiger partial charge >= 0.3 is 0 Å². The maximum atomic E-state index is 12.2. The van der Waals surface area contributed by atoms with E-state index in [-0.39, 0.29) is 12.5 Å². The first-order chi connectivity index (χ1) is 9.72. The van der Waals surface area contributed by atoms with E-state index in [0.29, 0.717) is 17.5 Å². The molecule has 1 heterocycles. The topological polar surface area (TPSA) is 50.8 Å². The van der Waals surface area contributed by atoms with Gasteiger partial charge in [0, 0.05) is 13.1 Å². The molecule has 5 heteroatoms. The lowest BCUT2D eigenvalue weighted by atomic mass is 10.1. The Balaban J connectivity index is 1.87. The van der Waals surface area contributed by atoms with Gasteiger partial charge < -0.3 is 19.7 Å². The zero-order chi connectivity index (χ0) is 14.4. The van der Waals surface area contributed by atoms with E-state index >= 15 is 0 Å². The van der Waals surface area contributed by atoms with E-state index in [0.717, 1.165) is 25.9 Å². The van der Waals surface area contributed by atoms with Crippen molar-refractivity contribution in [1.82, 2.24) is 10.2 Å². The molecule has 110 valence electrons. The second-order valence-corrected chi connectivity index (χ2v) is 4.93. The summed E-state index contributed by atoms with van der Waals surface area (Å²) >= 11 is 0. The predicted molar refractivity (Wildman–Crippen MR) is 77.2 cm³/mol. The van der Waals surface area contributed by atoms with Gasteiger partial charge in [0.1, 0.15) is 0 Å². The molecule has 0 atom stereocenters. The molecule has 1 amide bonds. The summed E-state index contributed by atoms with van der Waals surface area (Å²) < 4.78 is 10.8. The lowest BCUT2D eigenvalue weighted by molar-refractivity contribution is -0.134. The summed E-state index contributed by atoms with van der Waals surface area (Å²) in [7, 11) is 3.44. The van der Waals surface area contributed by atoms with Crippen molar-refractivity contribution in [3.63, 3.8) is 0 Å². The van der Waals surface area contributed by atoms with Gasteiger partial charge in [0.25, 0.3) is 5.91 Å². The number of carbonyl (C=O) groups excluding carboxylic acids is 1. The fourth-order valence-electron chi connectivity index (χ4n) is 2.38. The molecule has 1 aliphatic heterocycles. The molecule has 1 aromatic rings. The maximum absolute atomic E-state index is 12.2. The highest BCUT2D eigenvalue weighted by atomic mass is 16.5. The number of methoxy groups -OCH3 is 1. The molecule has 1 aromatic carbocycles. The molecule has 2 rings (SSSR count). The molecule has 1 N–H and O–H groups in total. The summed E-state index contributed by atoms with van der Waals surface area (Å²) in [6.45, 7) is 1.98. The van der Waals surface area contributed by atoms with Crippen molar-refractivity contribution in [3.05, 3.63) is 24.3 Å². The van der Waals surface area contributed by atoms with Gasteiger partial charge in [-0.25, -0.2) is 0 Å². The minimum absolute atomic E-state index is 0.00260. The Kier molecular flexibility index (Phi) is 5.24. The second-order valence-electron chi connectivity index (χ2n) is 4.93. The Labute approximate surface area is 119 Å². The van der Waals surface area contributed by atoms with E-state index in [1.807, 2.05) is 25.2 Å². The molecule has 0 radical (unpaired) electrons. The number of nitrogens with one attached hydrogen (secondary N) is 1. The number of para-hydroxylation sites is 2. The third-order valence-electron chi connectivity index (χ3n) is 3.67. The fraction of sp³-hybridized carbons (Fsp3) is 0.533. The van der Waals surface area contributed by atoms with Gasteiger partial charge in [-0.05, 0) is 38.1 Å². The van der Waals surface area contributed by atoms with Crippen LogP contribution in [-0.2, 0) is 4.79 Å². The third-order valence-corrected chi connectivity index (χ3v) is 3.67. The van der Waals surface area contributed by atoms with Crippen LogP contribution in [0.25, 0.3) is 0 Å². The zero-order valence-corrected chi connectivity index (χ0v) is 12.1. The van der Waals surface area contributed by atoms with Crippen LogP contribution < -0.4 is 14.8 Å². The van der Waals surface area contributed by atoms with Gasteiger partial charge in [-0.15, -0.1) is 0 Å². The van der Waals surface area contributed by atoms with Crippen LogP contribution in [0.15, 0.2) is 24.3 Å². The van der Waals surface area contributed by atoms with Crippen LogP contribution in [0.1, 0.15) is 12.8 Å². The number of benzene rings is 1. The average Bonchev–Trinajstić information content (AvgIpc) is 2.53. The minimum atomic E-state index is 0.00260.